The summed E-state index contributed by atoms with van der Waals surface area (Å²) in [5.74, 6) is -1.01. The van der Waals surface area contributed by atoms with Gasteiger partial charge in [-0.05, 0) is 33.0 Å². The van der Waals surface area contributed by atoms with Crippen molar-refractivity contribution in [2.75, 3.05) is 6.54 Å². The molecule has 86 valence electrons. The Balaban J connectivity index is 0.00000225. The fraction of sp³-hybridized carbons (Fsp3) is 0.778. The number of hydrogen-bond acceptors (Lipinski definition) is 3. The second-order valence-corrected chi connectivity index (χ2v) is 5.07. The molecule has 0 amide bonds. The van der Waals surface area contributed by atoms with Crippen LogP contribution in [0, 0.1) is 0 Å². The predicted octanol–water partition coefficient (Wildman–Crippen LogP) is -2.86. The molecule has 1 aliphatic heterocycles. The number of aliphatic carboxylic acids is 1. The quantitative estimate of drug-likeness (QED) is 0.364. The Morgan fingerprint density at radius 3 is 2.44 bits per heavy atom. The molecule has 1 rings (SSSR count). The van der Waals surface area contributed by atoms with E-state index in [2.05, 4.69) is 5.32 Å². The Kier molecular flexibility index (Phi) is 5.22. The third-order valence-electron chi connectivity index (χ3n) is 2.34. The second kappa shape index (κ2) is 5.18. The second-order valence-electron chi connectivity index (χ2n) is 4.69. The first-order valence-corrected chi connectivity index (χ1v) is 5.09. The average Bonchev–Trinajstić information content (AvgIpc) is 1.93. The fourth-order valence-corrected chi connectivity index (χ4v) is 2.47. The zero-order valence-electron chi connectivity index (χ0n) is 10.1. The molecule has 3 N–H and O–H groups in total. The van der Waals surface area contributed by atoms with Gasteiger partial charge in [0.25, 0.3) is 0 Å². The van der Waals surface area contributed by atoms with Crippen molar-refractivity contribution in [3.8, 4) is 0 Å². The predicted molar refractivity (Wildman–Crippen MR) is 59.4 cm³/mol. The number of nitrogens with zero attached hydrogens (tertiary/aromatic N) is 1. The Labute approximate surface area is 122 Å². The Bertz CT molecular complexity index is 307. The Morgan fingerprint density at radius 1 is 1.56 bits per heavy atom. The number of carboxylic acid groups (broad SMARTS) is 1. The van der Waals surface area contributed by atoms with Gasteiger partial charge in [0.1, 0.15) is 12.3 Å². The standard InChI is InChI=1S/C9H16N2O3S.Na/c1-8(2)5-9(3,14)11(4-6(12)13)7(15)10-8;/h14H,4-5H2,1-3H3,(H,10,15)(H,12,13);/q;+1. The minimum atomic E-state index is -1.22. The molecule has 1 heterocycles. The number of hydrogen-bond donors (Lipinski definition) is 3. The molecule has 0 aliphatic carbocycles. The summed E-state index contributed by atoms with van der Waals surface area (Å²) in [4.78, 5) is 11.9. The summed E-state index contributed by atoms with van der Waals surface area (Å²) in [7, 11) is 0. The van der Waals surface area contributed by atoms with Gasteiger partial charge in [-0.1, -0.05) is 0 Å². The van der Waals surface area contributed by atoms with Crippen LogP contribution in [0.25, 0.3) is 0 Å². The van der Waals surface area contributed by atoms with Gasteiger partial charge in [-0.25, -0.2) is 0 Å². The molecular weight excluding hydrogens is 239 g/mol. The van der Waals surface area contributed by atoms with Gasteiger partial charge in [0.2, 0.25) is 0 Å². The van der Waals surface area contributed by atoms with Gasteiger partial charge in [-0.3, -0.25) is 4.79 Å². The zero-order valence-corrected chi connectivity index (χ0v) is 12.9. The van der Waals surface area contributed by atoms with E-state index in [1.807, 2.05) is 13.8 Å². The van der Waals surface area contributed by atoms with E-state index in [4.69, 9.17) is 17.3 Å². The third-order valence-corrected chi connectivity index (χ3v) is 2.66. The van der Waals surface area contributed by atoms with Crippen LogP contribution in [0.1, 0.15) is 27.2 Å². The van der Waals surface area contributed by atoms with Crippen molar-refractivity contribution >= 4 is 23.3 Å². The smallest absolute Gasteiger partial charge is 0.480 e. The molecule has 1 unspecified atom stereocenters. The number of carbonyl (C=O) groups is 1. The molecule has 7 heteroatoms. The van der Waals surface area contributed by atoms with E-state index in [1.54, 1.807) is 6.92 Å². The number of nitrogens with one attached hydrogen (secondary N) is 1. The minimum absolute atomic E-state index is 0. The van der Waals surface area contributed by atoms with E-state index in [-0.39, 0.29) is 46.8 Å². The molecule has 0 aromatic rings. The fourth-order valence-electron chi connectivity index (χ4n) is 1.93. The largest absolute Gasteiger partial charge is 1.00 e. The van der Waals surface area contributed by atoms with Crippen LogP contribution < -0.4 is 34.9 Å². The summed E-state index contributed by atoms with van der Waals surface area (Å²) in [6.07, 6.45) is 0.410. The first-order chi connectivity index (χ1) is 6.64. The monoisotopic (exact) mass is 255 g/mol. The molecule has 0 aromatic heterocycles. The molecule has 0 radical (unpaired) electrons. The van der Waals surface area contributed by atoms with Crippen molar-refractivity contribution in [3.63, 3.8) is 0 Å². The maximum absolute atomic E-state index is 10.6. The van der Waals surface area contributed by atoms with Crippen LogP contribution in [0.2, 0.25) is 0 Å². The number of aliphatic hydroxyl groups is 1. The molecule has 0 spiro atoms. The summed E-state index contributed by atoms with van der Waals surface area (Å²) in [5.41, 5.74) is -1.54. The molecule has 0 saturated carbocycles. The van der Waals surface area contributed by atoms with Crippen LogP contribution in [0.5, 0.6) is 0 Å². The maximum Gasteiger partial charge on any atom is 1.00 e. The van der Waals surface area contributed by atoms with Crippen molar-refractivity contribution in [1.82, 2.24) is 10.2 Å². The molecular formula is C9H16N2NaO3S+. The van der Waals surface area contributed by atoms with Crippen molar-refractivity contribution in [2.45, 2.75) is 38.5 Å². The third kappa shape index (κ3) is 3.85. The summed E-state index contributed by atoms with van der Waals surface area (Å²) in [6.45, 7) is 5.09. The normalized spacial score (nSPS) is 28.0. The molecule has 0 bridgehead atoms. The maximum atomic E-state index is 10.6. The van der Waals surface area contributed by atoms with Crippen LogP contribution in [0.15, 0.2) is 0 Å². The molecule has 0 aromatic carbocycles. The summed E-state index contributed by atoms with van der Waals surface area (Å²) >= 11 is 5.03. The SMILES string of the molecule is CC1(C)CC(C)(O)N(CC(=O)O)C(=S)N1.[Na+]. The van der Waals surface area contributed by atoms with Crippen LogP contribution >= 0.6 is 12.2 Å². The average molecular weight is 255 g/mol. The molecule has 1 atom stereocenters. The zero-order chi connectivity index (χ0) is 11.9. The van der Waals surface area contributed by atoms with Gasteiger partial charge >= 0.3 is 35.5 Å². The molecule has 1 saturated heterocycles. The van der Waals surface area contributed by atoms with Crippen LogP contribution in [-0.2, 0) is 4.79 Å². The van der Waals surface area contributed by atoms with Crippen molar-refractivity contribution in [3.05, 3.63) is 0 Å². The Morgan fingerprint density at radius 2 is 2.06 bits per heavy atom. The van der Waals surface area contributed by atoms with Crippen LogP contribution in [0.3, 0.4) is 0 Å². The van der Waals surface area contributed by atoms with Crippen LogP contribution in [-0.4, -0.2) is 44.0 Å². The first-order valence-electron chi connectivity index (χ1n) is 4.68. The van der Waals surface area contributed by atoms with E-state index >= 15 is 0 Å². The van der Waals surface area contributed by atoms with E-state index in [0.29, 0.717) is 6.42 Å². The van der Waals surface area contributed by atoms with E-state index < -0.39 is 11.7 Å². The topological polar surface area (TPSA) is 72.8 Å². The van der Waals surface area contributed by atoms with Gasteiger partial charge < -0.3 is 20.4 Å². The molecule has 16 heavy (non-hydrogen) atoms. The number of carboxylic acids is 1. The molecule has 5 nitrogen and oxygen atoms in total. The molecule has 1 fully saturated rings. The van der Waals surface area contributed by atoms with Crippen LogP contribution in [0.4, 0.5) is 0 Å². The molecule has 1 aliphatic rings. The van der Waals surface area contributed by atoms with Crippen molar-refractivity contribution in [2.24, 2.45) is 0 Å². The van der Waals surface area contributed by atoms with Gasteiger partial charge in [-0.2, -0.15) is 0 Å². The van der Waals surface area contributed by atoms with Crippen molar-refractivity contribution < 1.29 is 44.6 Å². The van der Waals surface area contributed by atoms with Gasteiger partial charge in [0, 0.05) is 12.0 Å². The summed E-state index contributed by atoms with van der Waals surface area (Å²) in [6, 6.07) is 0. The number of rotatable bonds is 2. The number of thiocarbonyl (C=S) groups is 1. The van der Waals surface area contributed by atoms with Crippen molar-refractivity contribution in [1.29, 1.82) is 0 Å². The Hall–Kier alpha value is 0.120. The van der Waals surface area contributed by atoms with E-state index in [0.717, 1.165) is 0 Å². The summed E-state index contributed by atoms with van der Waals surface area (Å²) < 4.78 is 0. The van der Waals surface area contributed by atoms with Gasteiger partial charge in [0.05, 0.1) is 0 Å². The van der Waals surface area contributed by atoms with E-state index in [1.165, 1.54) is 4.90 Å². The summed E-state index contributed by atoms with van der Waals surface area (Å²) in [5, 5.41) is 22.1. The van der Waals surface area contributed by atoms with E-state index in [9.17, 15) is 9.90 Å². The van der Waals surface area contributed by atoms with Gasteiger partial charge in [-0.15, -0.1) is 0 Å². The van der Waals surface area contributed by atoms with Gasteiger partial charge in [0.15, 0.2) is 5.11 Å². The minimum Gasteiger partial charge on any atom is -0.480 e. The first kappa shape index (κ1) is 16.1.